The summed E-state index contributed by atoms with van der Waals surface area (Å²) in [6.07, 6.45) is 0. The molecule has 1 aromatic rings. The Hall–Kier alpha value is -1.55. The first-order chi connectivity index (χ1) is 8.45. The van der Waals surface area contributed by atoms with Crippen molar-refractivity contribution in [1.82, 2.24) is 0 Å². The topological polar surface area (TPSA) is 64.3 Å². The summed E-state index contributed by atoms with van der Waals surface area (Å²) in [5.74, 6) is 0.600. The van der Waals surface area contributed by atoms with Crippen molar-refractivity contribution in [3.63, 3.8) is 0 Å². The molecule has 0 saturated heterocycles. The van der Waals surface area contributed by atoms with Gasteiger partial charge in [-0.15, -0.1) is 0 Å². The predicted octanol–water partition coefficient (Wildman–Crippen LogP) is 2.32. The van der Waals surface area contributed by atoms with Crippen molar-refractivity contribution >= 4 is 11.6 Å². The zero-order valence-corrected chi connectivity index (χ0v) is 11.5. The monoisotopic (exact) mass is 250 g/mol. The van der Waals surface area contributed by atoms with Crippen LogP contribution in [-0.2, 0) is 4.79 Å². The van der Waals surface area contributed by atoms with E-state index >= 15 is 0 Å². The molecule has 1 rings (SSSR count). The summed E-state index contributed by atoms with van der Waals surface area (Å²) in [6, 6.07) is 5.16. The van der Waals surface area contributed by atoms with E-state index in [4.69, 9.17) is 10.5 Å². The van der Waals surface area contributed by atoms with Gasteiger partial charge in [-0.1, -0.05) is 19.9 Å². The fourth-order valence-corrected chi connectivity index (χ4v) is 1.53. The molecule has 1 aromatic carbocycles. The summed E-state index contributed by atoms with van der Waals surface area (Å²) in [5.41, 5.74) is 7.57. The molecule has 3 N–H and O–H groups in total. The van der Waals surface area contributed by atoms with Crippen LogP contribution in [0.1, 0.15) is 26.3 Å². The van der Waals surface area contributed by atoms with Crippen molar-refractivity contribution in [1.29, 1.82) is 0 Å². The van der Waals surface area contributed by atoms with E-state index in [1.54, 1.807) is 0 Å². The number of nitrogens with one attached hydrogen (secondary N) is 1. The number of amides is 1. The lowest BCUT2D eigenvalue weighted by atomic mass is 10.0. The number of benzene rings is 1. The van der Waals surface area contributed by atoms with Gasteiger partial charge in [-0.05, 0) is 37.5 Å². The molecule has 0 radical (unpaired) electrons. The van der Waals surface area contributed by atoms with E-state index in [0.717, 1.165) is 5.56 Å². The van der Waals surface area contributed by atoms with Gasteiger partial charge in [-0.2, -0.15) is 0 Å². The van der Waals surface area contributed by atoms with Gasteiger partial charge in [0.2, 0.25) is 5.91 Å². The van der Waals surface area contributed by atoms with E-state index in [2.05, 4.69) is 5.32 Å². The SMILES string of the molecule is CCOc1cc(C)ccc1NC(=O)[C@@H](N)C(C)C. The highest BCUT2D eigenvalue weighted by atomic mass is 16.5. The fraction of sp³-hybridized carbons (Fsp3) is 0.500. The van der Waals surface area contributed by atoms with Crippen molar-refractivity contribution < 1.29 is 9.53 Å². The van der Waals surface area contributed by atoms with Crippen molar-refractivity contribution in [2.75, 3.05) is 11.9 Å². The number of carbonyl (C=O) groups excluding carboxylic acids is 1. The zero-order chi connectivity index (χ0) is 13.7. The number of ether oxygens (including phenoxy) is 1. The number of carbonyl (C=O) groups is 1. The fourth-order valence-electron chi connectivity index (χ4n) is 1.53. The molecule has 18 heavy (non-hydrogen) atoms. The normalized spacial score (nSPS) is 12.3. The standard InChI is InChI=1S/C14H22N2O2/c1-5-18-12-8-10(4)6-7-11(12)16-14(17)13(15)9(2)3/h6-9,13H,5,15H2,1-4H3,(H,16,17)/t13-/m0/s1. The largest absolute Gasteiger partial charge is 0.492 e. The molecular formula is C14H22N2O2. The number of aryl methyl sites for hydroxylation is 1. The van der Waals surface area contributed by atoms with Crippen LogP contribution in [0.4, 0.5) is 5.69 Å². The van der Waals surface area contributed by atoms with Crippen LogP contribution in [0.15, 0.2) is 18.2 Å². The molecule has 0 bridgehead atoms. The molecule has 0 aliphatic carbocycles. The molecule has 0 heterocycles. The number of nitrogens with two attached hydrogens (primary N) is 1. The van der Waals surface area contributed by atoms with Gasteiger partial charge in [0.1, 0.15) is 5.75 Å². The Labute approximate surface area is 109 Å². The van der Waals surface area contributed by atoms with Crippen molar-refractivity contribution in [3.8, 4) is 5.75 Å². The van der Waals surface area contributed by atoms with Crippen LogP contribution >= 0.6 is 0 Å². The van der Waals surface area contributed by atoms with Gasteiger partial charge in [0.15, 0.2) is 0 Å². The lowest BCUT2D eigenvalue weighted by Crippen LogP contribution is -2.39. The highest BCUT2D eigenvalue weighted by Crippen LogP contribution is 2.26. The second-order valence-corrected chi connectivity index (χ2v) is 4.69. The Kier molecular flexibility index (Phi) is 5.16. The van der Waals surface area contributed by atoms with E-state index in [9.17, 15) is 4.79 Å². The first-order valence-corrected chi connectivity index (χ1v) is 6.25. The quantitative estimate of drug-likeness (QED) is 0.843. The van der Waals surface area contributed by atoms with Gasteiger partial charge in [0, 0.05) is 0 Å². The van der Waals surface area contributed by atoms with Crippen molar-refractivity contribution in [3.05, 3.63) is 23.8 Å². The Morgan fingerprint density at radius 2 is 2.11 bits per heavy atom. The van der Waals surface area contributed by atoms with Gasteiger partial charge in [-0.25, -0.2) is 0 Å². The Balaban J connectivity index is 2.86. The maximum Gasteiger partial charge on any atom is 0.241 e. The molecule has 0 spiro atoms. The third kappa shape index (κ3) is 3.74. The number of rotatable bonds is 5. The van der Waals surface area contributed by atoms with Crippen LogP contribution in [0.2, 0.25) is 0 Å². The summed E-state index contributed by atoms with van der Waals surface area (Å²) >= 11 is 0. The van der Waals surface area contributed by atoms with Crippen LogP contribution in [-0.4, -0.2) is 18.6 Å². The molecule has 4 nitrogen and oxygen atoms in total. The first kappa shape index (κ1) is 14.5. The maximum absolute atomic E-state index is 11.9. The average Bonchev–Trinajstić information content (AvgIpc) is 2.31. The molecule has 0 unspecified atom stereocenters. The van der Waals surface area contributed by atoms with E-state index in [1.165, 1.54) is 0 Å². The third-order valence-corrected chi connectivity index (χ3v) is 2.72. The molecule has 4 heteroatoms. The summed E-state index contributed by atoms with van der Waals surface area (Å²) in [6.45, 7) is 8.29. The van der Waals surface area contributed by atoms with Crippen LogP contribution in [0, 0.1) is 12.8 Å². The van der Waals surface area contributed by atoms with Crippen molar-refractivity contribution in [2.45, 2.75) is 33.7 Å². The van der Waals surface area contributed by atoms with Crippen LogP contribution < -0.4 is 15.8 Å². The minimum Gasteiger partial charge on any atom is -0.492 e. The second kappa shape index (κ2) is 6.40. The Bertz CT molecular complexity index is 416. The number of hydrogen-bond donors (Lipinski definition) is 2. The summed E-state index contributed by atoms with van der Waals surface area (Å²) < 4.78 is 5.50. The molecule has 0 fully saturated rings. The highest BCUT2D eigenvalue weighted by Gasteiger charge is 2.18. The predicted molar refractivity (Wildman–Crippen MR) is 73.8 cm³/mol. The van der Waals surface area contributed by atoms with Crippen molar-refractivity contribution in [2.24, 2.45) is 11.7 Å². The zero-order valence-electron chi connectivity index (χ0n) is 11.5. The second-order valence-electron chi connectivity index (χ2n) is 4.69. The van der Waals surface area contributed by atoms with Gasteiger partial charge >= 0.3 is 0 Å². The van der Waals surface area contributed by atoms with Gasteiger partial charge in [-0.3, -0.25) is 4.79 Å². The average molecular weight is 250 g/mol. The summed E-state index contributed by atoms with van der Waals surface area (Å²) in [4.78, 5) is 11.9. The maximum atomic E-state index is 11.9. The third-order valence-electron chi connectivity index (χ3n) is 2.72. The van der Waals surface area contributed by atoms with E-state index in [1.807, 2.05) is 45.9 Å². The Morgan fingerprint density at radius 1 is 1.44 bits per heavy atom. The molecule has 1 amide bonds. The Morgan fingerprint density at radius 3 is 2.67 bits per heavy atom. The van der Waals surface area contributed by atoms with Crippen LogP contribution in [0.25, 0.3) is 0 Å². The molecule has 0 aromatic heterocycles. The minimum atomic E-state index is -0.513. The molecule has 0 aliphatic rings. The van der Waals surface area contributed by atoms with E-state index in [0.29, 0.717) is 18.0 Å². The summed E-state index contributed by atoms with van der Waals surface area (Å²) in [5, 5.41) is 2.81. The van der Waals surface area contributed by atoms with Gasteiger partial charge in [0.25, 0.3) is 0 Å². The lowest BCUT2D eigenvalue weighted by molar-refractivity contribution is -0.118. The number of hydrogen-bond acceptors (Lipinski definition) is 3. The lowest BCUT2D eigenvalue weighted by Gasteiger charge is -2.17. The van der Waals surface area contributed by atoms with E-state index < -0.39 is 6.04 Å². The molecule has 100 valence electrons. The molecular weight excluding hydrogens is 228 g/mol. The molecule has 1 atom stereocenters. The highest BCUT2D eigenvalue weighted by molar-refractivity contribution is 5.96. The minimum absolute atomic E-state index is 0.103. The number of anilines is 1. The molecule has 0 saturated carbocycles. The van der Waals surface area contributed by atoms with Crippen LogP contribution in [0.5, 0.6) is 5.75 Å². The first-order valence-electron chi connectivity index (χ1n) is 6.25. The summed E-state index contributed by atoms with van der Waals surface area (Å²) in [7, 11) is 0. The van der Waals surface area contributed by atoms with Crippen LogP contribution in [0.3, 0.4) is 0 Å². The smallest absolute Gasteiger partial charge is 0.241 e. The van der Waals surface area contributed by atoms with E-state index in [-0.39, 0.29) is 11.8 Å². The van der Waals surface area contributed by atoms with Gasteiger partial charge in [0.05, 0.1) is 18.3 Å². The molecule has 0 aliphatic heterocycles. The van der Waals surface area contributed by atoms with Gasteiger partial charge < -0.3 is 15.8 Å².